The molecule has 25 heavy (non-hydrogen) atoms. The normalized spacial score (nSPS) is 10.7. The second-order valence-corrected chi connectivity index (χ2v) is 6.11. The van der Waals surface area contributed by atoms with Gasteiger partial charge in [0.15, 0.2) is 0 Å². The van der Waals surface area contributed by atoms with Crippen LogP contribution >= 0.6 is 11.6 Å². The molecule has 1 heterocycles. The minimum Gasteiger partial charge on any atom is -0.311 e. The summed E-state index contributed by atoms with van der Waals surface area (Å²) < 4.78 is 14.7. The first-order valence-corrected chi connectivity index (χ1v) is 8.26. The Bertz CT molecular complexity index is 890. The van der Waals surface area contributed by atoms with E-state index in [9.17, 15) is 9.18 Å². The van der Waals surface area contributed by atoms with Crippen LogP contribution in [0.25, 0.3) is 5.69 Å². The van der Waals surface area contributed by atoms with Crippen LogP contribution in [0.4, 0.5) is 10.2 Å². The molecule has 0 unspecified atom stereocenters. The number of halogens is 2. The van der Waals surface area contributed by atoms with Crippen molar-refractivity contribution in [2.45, 2.75) is 19.8 Å². The Morgan fingerprint density at radius 2 is 1.92 bits per heavy atom. The summed E-state index contributed by atoms with van der Waals surface area (Å²) in [5.41, 5.74) is 2.36. The smallest absolute Gasteiger partial charge is 0.225 e. The van der Waals surface area contributed by atoms with Gasteiger partial charge in [-0.1, -0.05) is 29.8 Å². The number of carbonyl (C=O) groups is 1. The van der Waals surface area contributed by atoms with Gasteiger partial charge in [-0.3, -0.25) is 4.79 Å². The molecule has 1 aromatic heterocycles. The molecule has 3 rings (SSSR count). The maximum atomic E-state index is 13.1. The average Bonchev–Trinajstić information content (AvgIpc) is 2.95. The summed E-state index contributed by atoms with van der Waals surface area (Å²) in [7, 11) is 0. The summed E-state index contributed by atoms with van der Waals surface area (Å²) in [5, 5.41) is 7.87. The van der Waals surface area contributed by atoms with Crippen LogP contribution in [0, 0.1) is 12.7 Å². The molecule has 0 aliphatic heterocycles. The molecule has 3 aromatic rings. The maximum Gasteiger partial charge on any atom is 0.225 e. The summed E-state index contributed by atoms with van der Waals surface area (Å²) in [6.45, 7) is 1.83. The molecule has 0 spiro atoms. The summed E-state index contributed by atoms with van der Waals surface area (Å²) in [6, 6.07) is 15.2. The highest BCUT2D eigenvalue weighted by Gasteiger charge is 2.12. The highest BCUT2D eigenvalue weighted by Crippen LogP contribution is 2.19. The average molecular weight is 358 g/mol. The molecule has 1 N–H and O–H groups in total. The number of carbonyl (C=O) groups excluding carboxylic acids is 1. The van der Waals surface area contributed by atoms with Crippen molar-refractivity contribution in [1.29, 1.82) is 0 Å². The number of amides is 1. The van der Waals surface area contributed by atoms with E-state index in [4.69, 9.17) is 11.6 Å². The highest BCUT2D eigenvalue weighted by molar-refractivity contribution is 6.31. The topological polar surface area (TPSA) is 46.9 Å². The van der Waals surface area contributed by atoms with Crippen LogP contribution in [0.3, 0.4) is 0 Å². The molecular weight excluding hydrogens is 341 g/mol. The Kier molecular flexibility index (Phi) is 5.14. The maximum absolute atomic E-state index is 13.1. The number of benzene rings is 2. The number of anilines is 1. The van der Waals surface area contributed by atoms with Gasteiger partial charge in [0.25, 0.3) is 0 Å². The molecule has 0 fully saturated rings. The van der Waals surface area contributed by atoms with Crippen molar-refractivity contribution >= 4 is 23.3 Å². The molecular formula is C19H17ClFN3O. The Balaban J connectivity index is 1.71. The Morgan fingerprint density at radius 1 is 1.20 bits per heavy atom. The fourth-order valence-corrected chi connectivity index (χ4v) is 2.75. The third kappa shape index (κ3) is 4.25. The molecule has 0 atom stereocenters. The van der Waals surface area contributed by atoms with Crippen molar-refractivity contribution in [2.75, 3.05) is 5.32 Å². The summed E-state index contributed by atoms with van der Waals surface area (Å²) in [6.07, 6.45) is 0.854. The molecule has 128 valence electrons. The number of hydrogen-bond acceptors (Lipinski definition) is 2. The first-order valence-electron chi connectivity index (χ1n) is 7.89. The molecule has 0 aliphatic rings. The lowest BCUT2D eigenvalue weighted by Gasteiger charge is -2.09. The zero-order valence-corrected chi connectivity index (χ0v) is 14.4. The fraction of sp³-hybridized carbons (Fsp3) is 0.158. The summed E-state index contributed by atoms with van der Waals surface area (Å²) in [4.78, 5) is 12.3. The minimum absolute atomic E-state index is 0.136. The number of rotatable bonds is 5. The van der Waals surface area contributed by atoms with Crippen molar-refractivity contribution in [3.63, 3.8) is 0 Å². The summed E-state index contributed by atoms with van der Waals surface area (Å²) in [5.74, 6) is 0.0920. The van der Waals surface area contributed by atoms with E-state index < -0.39 is 0 Å². The van der Waals surface area contributed by atoms with Gasteiger partial charge in [0, 0.05) is 17.5 Å². The lowest BCUT2D eigenvalue weighted by Crippen LogP contribution is -2.15. The van der Waals surface area contributed by atoms with Crippen LogP contribution in [-0.4, -0.2) is 15.7 Å². The molecule has 0 saturated heterocycles. The standard InChI is InChI=1S/C19H17ClFN3O/c1-13-12-18(24(23-13)16-9-7-15(21)8-10-16)22-19(25)11-6-14-4-2-3-5-17(14)20/h2-5,7-10,12H,6,11H2,1H3,(H,22,25). The fourth-order valence-electron chi connectivity index (χ4n) is 2.52. The third-order valence-corrected chi connectivity index (χ3v) is 4.12. The van der Waals surface area contributed by atoms with E-state index in [1.54, 1.807) is 22.9 Å². The summed E-state index contributed by atoms with van der Waals surface area (Å²) >= 11 is 6.11. The van der Waals surface area contributed by atoms with Crippen molar-refractivity contribution in [3.05, 3.63) is 76.7 Å². The van der Waals surface area contributed by atoms with Gasteiger partial charge in [0.1, 0.15) is 11.6 Å². The van der Waals surface area contributed by atoms with Gasteiger partial charge in [0.05, 0.1) is 11.4 Å². The van der Waals surface area contributed by atoms with Crippen LogP contribution < -0.4 is 5.32 Å². The molecule has 0 radical (unpaired) electrons. The predicted molar refractivity (Wildman–Crippen MR) is 96.7 cm³/mol. The van der Waals surface area contributed by atoms with Crippen molar-refractivity contribution in [2.24, 2.45) is 0 Å². The van der Waals surface area contributed by atoms with Gasteiger partial charge in [-0.2, -0.15) is 5.10 Å². The van der Waals surface area contributed by atoms with E-state index in [2.05, 4.69) is 10.4 Å². The van der Waals surface area contributed by atoms with E-state index in [0.29, 0.717) is 29.4 Å². The molecule has 0 aliphatic carbocycles. The Hall–Kier alpha value is -2.66. The number of aromatic nitrogens is 2. The van der Waals surface area contributed by atoms with Crippen LogP contribution in [0.15, 0.2) is 54.6 Å². The molecule has 2 aromatic carbocycles. The monoisotopic (exact) mass is 357 g/mol. The second kappa shape index (κ2) is 7.49. The van der Waals surface area contributed by atoms with E-state index in [0.717, 1.165) is 11.3 Å². The first kappa shape index (κ1) is 17.2. The van der Waals surface area contributed by atoms with Gasteiger partial charge in [-0.25, -0.2) is 9.07 Å². The second-order valence-electron chi connectivity index (χ2n) is 5.70. The quantitative estimate of drug-likeness (QED) is 0.728. The van der Waals surface area contributed by atoms with Gasteiger partial charge < -0.3 is 5.32 Å². The lowest BCUT2D eigenvalue weighted by atomic mass is 10.1. The lowest BCUT2D eigenvalue weighted by molar-refractivity contribution is -0.116. The molecule has 4 nitrogen and oxygen atoms in total. The van der Waals surface area contributed by atoms with Crippen molar-refractivity contribution in [3.8, 4) is 5.69 Å². The number of aryl methyl sites for hydroxylation is 2. The minimum atomic E-state index is -0.321. The number of nitrogens with zero attached hydrogens (tertiary/aromatic N) is 2. The SMILES string of the molecule is Cc1cc(NC(=O)CCc2ccccc2Cl)n(-c2ccc(F)cc2)n1. The van der Waals surface area contributed by atoms with E-state index in [-0.39, 0.29) is 11.7 Å². The zero-order chi connectivity index (χ0) is 17.8. The number of nitrogens with one attached hydrogen (secondary N) is 1. The van der Waals surface area contributed by atoms with Crippen LogP contribution in [0.5, 0.6) is 0 Å². The van der Waals surface area contributed by atoms with Gasteiger partial charge in [-0.05, 0) is 49.2 Å². The van der Waals surface area contributed by atoms with Gasteiger partial charge in [0.2, 0.25) is 5.91 Å². The van der Waals surface area contributed by atoms with E-state index in [1.807, 2.05) is 31.2 Å². The van der Waals surface area contributed by atoms with Crippen molar-refractivity contribution < 1.29 is 9.18 Å². The van der Waals surface area contributed by atoms with Crippen LogP contribution in [0.2, 0.25) is 5.02 Å². The first-order chi connectivity index (χ1) is 12.0. The largest absolute Gasteiger partial charge is 0.311 e. The van der Waals surface area contributed by atoms with E-state index in [1.165, 1.54) is 12.1 Å². The van der Waals surface area contributed by atoms with Crippen LogP contribution in [0.1, 0.15) is 17.7 Å². The molecule has 6 heteroatoms. The zero-order valence-electron chi connectivity index (χ0n) is 13.7. The Labute approximate surface area is 150 Å². The van der Waals surface area contributed by atoms with Gasteiger partial charge >= 0.3 is 0 Å². The van der Waals surface area contributed by atoms with Crippen LogP contribution in [-0.2, 0) is 11.2 Å². The predicted octanol–water partition coefficient (Wildman–Crippen LogP) is 4.54. The molecule has 0 saturated carbocycles. The van der Waals surface area contributed by atoms with E-state index >= 15 is 0 Å². The number of hydrogen-bond donors (Lipinski definition) is 1. The molecule has 1 amide bonds. The van der Waals surface area contributed by atoms with Gasteiger partial charge in [-0.15, -0.1) is 0 Å². The van der Waals surface area contributed by atoms with Crippen molar-refractivity contribution in [1.82, 2.24) is 9.78 Å². The Morgan fingerprint density at radius 3 is 2.64 bits per heavy atom. The third-order valence-electron chi connectivity index (χ3n) is 3.75. The highest BCUT2D eigenvalue weighted by atomic mass is 35.5. The molecule has 0 bridgehead atoms.